The second-order valence-corrected chi connectivity index (χ2v) is 6.71. The molecule has 0 atom stereocenters. The number of carbonyl (C=O) groups is 2. The molecule has 0 unspecified atom stereocenters. The van der Waals surface area contributed by atoms with E-state index in [4.69, 9.17) is 23.8 Å². The number of benzene rings is 2. The standard InChI is InChI=1S/C19H17ClN4O2S/c1-24-16(22-23-19(24)27)10-11-21-18(26)15-5-3-2-4-14(15)17(25)12-6-8-13(20)9-7-12/h2-9H,10-11H2,1H3,(H,21,26)(H,23,27). The largest absolute Gasteiger partial charge is 0.352 e. The molecule has 0 saturated heterocycles. The number of nitrogens with zero attached hydrogens (tertiary/aromatic N) is 2. The predicted molar refractivity (Wildman–Crippen MR) is 106 cm³/mol. The van der Waals surface area contributed by atoms with Crippen LogP contribution in [0.5, 0.6) is 0 Å². The monoisotopic (exact) mass is 400 g/mol. The Hall–Kier alpha value is -2.77. The first kappa shape index (κ1) is 19.0. The summed E-state index contributed by atoms with van der Waals surface area (Å²) < 4.78 is 2.27. The van der Waals surface area contributed by atoms with Crippen molar-refractivity contribution < 1.29 is 9.59 Å². The Morgan fingerprint density at radius 3 is 2.44 bits per heavy atom. The molecule has 0 aliphatic carbocycles. The van der Waals surface area contributed by atoms with E-state index in [0.717, 1.165) is 5.82 Å². The van der Waals surface area contributed by atoms with Gasteiger partial charge in [-0.15, -0.1) is 0 Å². The molecule has 1 aromatic heterocycles. The van der Waals surface area contributed by atoms with Crippen LogP contribution in [0.2, 0.25) is 5.02 Å². The molecule has 0 bridgehead atoms. The minimum absolute atomic E-state index is 0.230. The Labute approximate surface area is 166 Å². The van der Waals surface area contributed by atoms with Gasteiger partial charge in [0.2, 0.25) is 0 Å². The van der Waals surface area contributed by atoms with E-state index in [1.807, 2.05) is 7.05 Å². The molecule has 1 amide bonds. The fourth-order valence-corrected chi connectivity index (χ4v) is 2.90. The Morgan fingerprint density at radius 2 is 1.81 bits per heavy atom. The van der Waals surface area contributed by atoms with Crippen LogP contribution in [0.4, 0.5) is 0 Å². The highest BCUT2D eigenvalue weighted by Gasteiger charge is 2.18. The van der Waals surface area contributed by atoms with Crippen LogP contribution < -0.4 is 5.32 Å². The van der Waals surface area contributed by atoms with Gasteiger partial charge in [0, 0.05) is 36.2 Å². The number of H-pyrrole nitrogens is 1. The van der Waals surface area contributed by atoms with E-state index < -0.39 is 0 Å². The Balaban J connectivity index is 1.73. The summed E-state index contributed by atoms with van der Waals surface area (Å²) in [6.45, 7) is 0.371. The number of aromatic nitrogens is 3. The van der Waals surface area contributed by atoms with E-state index in [2.05, 4.69) is 15.5 Å². The third-order valence-corrected chi connectivity index (χ3v) is 4.75. The number of carbonyl (C=O) groups excluding carboxylic acids is 2. The lowest BCUT2D eigenvalue weighted by Crippen LogP contribution is -2.28. The first-order valence-corrected chi connectivity index (χ1v) is 9.04. The van der Waals surface area contributed by atoms with Gasteiger partial charge in [-0.3, -0.25) is 14.7 Å². The lowest BCUT2D eigenvalue weighted by atomic mass is 9.98. The van der Waals surface area contributed by atoms with E-state index in [0.29, 0.717) is 39.4 Å². The molecule has 1 heterocycles. The third-order valence-electron chi connectivity index (χ3n) is 4.13. The zero-order valence-electron chi connectivity index (χ0n) is 14.5. The van der Waals surface area contributed by atoms with Gasteiger partial charge < -0.3 is 9.88 Å². The normalized spacial score (nSPS) is 10.6. The molecule has 0 aliphatic rings. The van der Waals surface area contributed by atoms with Crippen molar-refractivity contribution in [3.05, 3.63) is 80.8 Å². The van der Waals surface area contributed by atoms with E-state index in [1.54, 1.807) is 53.1 Å². The first-order valence-electron chi connectivity index (χ1n) is 8.25. The SMILES string of the molecule is Cn1c(CCNC(=O)c2ccccc2C(=O)c2ccc(Cl)cc2)n[nH]c1=S. The second kappa shape index (κ2) is 8.28. The van der Waals surface area contributed by atoms with E-state index in [-0.39, 0.29) is 11.7 Å². The number of rotatable bonds is 6. The van der Waals surface area contributed by atoms with Crippen molar-refractivity contribution in [2.75, 3.05) is 6.54 Å². The molecule has 3 aromatic rings. The van der Waals surface area contributed by atoms with Gasteiger partial charge in [-0.05, 0) is 42.5 Å². The lowest BCUT2D eigenvalue weighted by Gasteiger charge is -2.10. The Bertz CT molecular complexity index is 1040. The van der Waals surface area contributed by atoms with Crippen LogP contribution in [-0.4, -0.2) is 33.0 Å². The van der Waals surface area contributed by atoms with Gasteiger partial charge in [0.05, 0.1) is 5.56 Å². The van der Waals surface area contributed by atoms with Crippen molar-refractivity contribution in [1.29, 1.82) is 0 Å². The van der Waals surface area contributed by atoms with Gasteiger partial charge in [-0.2, -0.15) is 5.10 Å². The predicted octanol–water partition coefficient (Wildman–Crippen LogP) is 3.33. The summed E-state index contributed by atoms with van der Waals surface area (Å²) in [7, 11) is 1.81. The molecule has 0 aliphatic heterocycles. The number of aromatic amines is 1. The Kier molecular flexibility index (Phi) is 5.83. The average molecular weight is 401 g/mol. The van der Waals surface area contributed by atoms with Crippen LogP contribution in [0.15, 0.2) is 48.5 Å². The summed E-state index contributed by atoms with van der Waals surface area (Å²) in [6.07, 6.45) is 0.517. The maximum atomic E-state index is 12.8. The molecule has 3 rings (SSSR count). The number of ketones is 1. The Morgan fingerprint density at radius 1 is 1.15 bits per heavy atom. The first-order chi connectivity index (χ1) is 13.0. The summed E-state index contributed by atoms with van der Waals surface area (Å²) in [6, 6.07) is 13.3. The quantitative estimate of drug-likeness (QED) is 0.491. The van der Waals surface area contributed by atoms with Gasteiger partial charge in [0.15, 0.2) is 10.6 Å². The van der Waals surface area contributed by atoms with Crippen molar-refractivity contribution in [1.82, 2.24) is 20.1 Å². The van der Waals surface area contributed by atoms with Gasteiger partial charge in [0.25, 0.3) is 5.91 Å². The molecule has 0 saturated carbocycles. The molecular weight excluding hydrogens is 384 g/mol. The van der Waals surface area contributed by atoms with Gasteiger partial charge >= 0.3 is 0 Å². The molecular formula is C19H17ClN4O2S. The molecule has 2 N–H and O–H groups in total. The van der Waals surface area contributed by atoms with Crippen molar-refractivity contribution in [2.45, 2.75) is 6.42 Å². The van der Waals surface area contributed by atoms with Crippen LogP contribution in [0.1, 0.15) is 32.1 Å². The summed E-state index contributed by atoms with van der Waals surface area (Å²) in [5.41, 5.74) is 1.14. The highest BCUT2D eigenvalue weighted by molar-refractivity contribution is 7.71. The molecule has 0 spiro atoms. The van der Waals surface area contributed by atoms with Crippen LogP contribution in [0, 0.1) is 4.77 Å². The molecule has 0 fully saturated rings. The van der Waals surface area contributed by atoms with Crippen LogP contribution in [0.25, 0.3) is 0 Å². The topological polar surface area (TPSA) is 79.8 Å². The zero-order valence-corrected chi connectivity index (χ0v) is 16.1. The number of nitrogens with one attached hydrogen (secondary N) is 2. The summed E-state index contributed by atoms with van der Waals surface area (Å²) in [5.74, 6) is 0.197. The summed E-state index contributed by atoms with van der Waals surface area (Å²) in [4.78, 5) is 25.4. The zero-order chi connectivity index (χ0) is 19.4. The fourth-order valence-electron chi connectivity index (χ4n) is 2.62. The maximum Gasteiger partial charge on any atom is 0.252 e. The number of amides is 1. The molecule has 0 radical (unpaired) electrons. The van der Waals surface area contributed by atoms with E-state index in [9.17, 15) is 9.59 Å². The highest BCUT2D eigenvalue weighted by Crippen LogP contribution is 2.17. The lowest BCUT2D eigenvalue weighted by molar-refractivity contribution is 0.0942. The van der Waals surface area contributed by atoms with E-state index >= 15 is 0 Å². The fraction of sp³-hybridized carbons (Fsp3) is 0.158. The third kappa shape index (κ3) is 4.32. The van der Waals surface area contributed by atoms with E-state index in [1.165, 1.54) is 0 Å². The van der Waals surface area contributed by atoms with Gasteiger partial charge in [-0.1, -0.05) is 29.8 Å². The van der Waals surface area contributed by atoms with Crippen molar-refractivity contribution >= 4 is 35.5 Å². The van der Waals surface area contributed by atoms with Crippen molar-refractivity contribution in [2.24, 2.45) is 7.05 Å². The molecule has 138 valence electrons. The summed E-state index contributed by atoms with van der Waals surface area (Å²) in [5, 5.41) is 10.2. The minimum atomic E-state index is -0.315. The molecule has 6 nitrogen and oxygen atoms in total. The molecule has 2 aromatic carbocycles. The number of hydrogen-bond acceptors (Lipinski definition) is 4. The maximum absolute atomic E-state index is 12.8. The number of hydrogen-bond donors (Lipinski definition) is 2. The van der Waals surface area contributed by atoms with Crippen LogP contribution in [0.3, 0.4) is 0 Å². The van der Waals surface area contributed by atoms with Gasteiger partial charge in [-0.25, -0.2) is 0 Å². The smallest absolute Gasteiger partial charge is 0.252 e. The van der Waals surface area contributed by atoms with Gasteiger partial charge in [0.1, 0.15) is 5.82 Å². The number of halogens is 1. The minimum Gasteiger partial charge on any atom is -0.352 e. The second-order valence-electron chi connectivity index (χ2n) is 5.89. The average Bonchev–Trinajstić information content (AvgIpc) is 3.00. The molecule has 8 heteroatoms. The van der Waals surface area contributed by atoms with Crippen molar-refractivity contribution in [3.8, 4) is 0 Å². The highest BCUT2D eigenvalue weighted by atomic mass is 35.5. The summed E-state index contributed by atoms with van der Waals surface area (Å²) >= 11 is 10.9. The van der Waals surface area contributed by atoms with Crippen LogP contribution >= 0.6 is 23.8 Å². The van der Waals surface area contributed by atoms with Crippen molar-refractivity contribution in [3.63, 3.8) is 0 Å². The molecule has 27 heavy (non-hydrogen) atoms. The van der Waals surface area contributed by atoms with Crippen LogP contribution in [-0.2, 0) is 13.5 Å².